The van der Waals surface area contributed by atoms with Gasteiger partial charge in [0.05, 0.1) is 7.11 Å². The van der Waals surface area contributed by atoms with Gasteiger partial charge in [-0.2, -0.15) is 0 Å². The predicted molar refractivity (Wildman–Crippen MR) is 71.3 cm³/mol. The Hall–Kier alpha value is -2.42. The summed E-state index contributed by atoms with van der Waals surface area (Å²) in [5.74, 6) is 0.993. The highest BCUT2D eigenvalue weighted by Gasteiger charge is 2.12. The number of hydrogen-bond acceptors (Lipinski definition) is 3. The molecule has 3 nitrogen and oxygen atoms in total. The molecule has 0 atom stereocenters. The fourth-order valence-electron chi connectivity index (χ4n) is 2.33. The van der Waals surface area contributed by atoms with E-state index in [1.54, 1.807) is 31.4 Å². The fourth-order valence-corrected chi connectivity index (χ4v) is 2.33. The third kappa shape index (κ3) is 1.37. The van der Waals surface area contributed by atoms with Gasteiger partial charge in [-0.1, -0.05) is 18.2 Å². The Morgan fingerprint density at radius 3 is 2.44 bits per heavy atom. The Labute approximate surface area is 104 Å². The molecule has 0 saturated heterocycles. The molecule has 0 amide bonds. The number of methoxy groups -OCH3 is 1. The van der Waals surface area contributed by atoms with Crippen LogP contribution in [0.15, 0.2) is 42.5 Å². The zero-order valence-electron chi connectivity index (χ0n) is 9.84. The van der Waals surface area contributed by atoms with E-state index in [9.17, 15) is 10.2 Å². The Balaban J connectivity index is 2.64. The van der Waals surface area contributed by atoms with Crippen molar-refractivity contribution >= 4 is 21.5 Å². The highest BCUT2D eigenvalue weighted by Crippen LogP contribution is 2.40. The molecule has 0 bridgehead atoms. The third-order valence-electron chi connectivity index (χ3n) is 3.16. The average molecular weight is 240 g/mol. The summed E-state index contributed by atoms with van der Waals surface area (Å²) in [4.78, 5) is 0. The topological polar surface area (TPSA) is 49.7 Å². The molecule has 0 aliphatic rings. The molecule has 3 aromatic carbocycles. The zero-order chi connectivity index (χ0) is 12.7. The van der Waals surface area contributed by atoms with Crippen LogP contribution in [0.2, 0.25) is 0 Å². The van der Waals surface area contributed by atoms with Crippen LogP contribution in [-0.2, 0) is 0 Å². The molecule has 18 heavy (non-hydrogen) atoms. The van der Waals surface area contributed by atoms with E-state index in [1.165, 1.54) is 0 Å². The first-order valence-corrected chi connectivity index (χ1v) is 5.62. The smallest absolute Gasteiger partial charge is 0.127 e. The second kappa shape index (κ2) is 3.81. The molecule has 0 spiro atoms. The molecule has 3 rings (SSSR count). The molecule has 3 aromatic rings. The molecule has 0 aromatic heterocycles. The first-order valence-electron chi connectivity index (χ1n) is 5.62. The SMILES string of the molecule is COc1ccc(O)c2ccc3cccc(O)c3c12. The monoisotopic (exact) mass is 240 g/mol. The lowest BCUT2D eigenvalue weighted by atomic mass is 10.00. The number of aromatic hydroxyl groups is 2. The maximum absolute atomic E-state index is 10.0. The van der Waals surface area contributed by atoms with Gasteiger partial charge in [0.1, 0.15) is 17.2 Å². The summed E-state index contributed by atoms with van der Waals surface area (Å²) in [6.45, 7) is 0. The van der Waals surface area contributed by atoms with Crippen LogP contribution in [0.5, 0.6) is 17.2 Å². The summed E-state index contributed by atoms with van der Waals surface area (Å²) in [7, 11) is 1.57. The minimum Gasteiger partial charge on any atom is -0.507 e. The standard InChI is InChI=1S/C15H12O3/c1-18-13-8-7-11(16)10-6-5-9-3-2-4-12(17)14(9)15(10)13/h2-8,16-17H,1H3. The molecule has 90 valence electrons. The van der Waals surface area contributed by atoms with Gasteiger partial charge in [0, 0.05) is 16.2 Å². The Bertz CT molecular complexity index is 747. The number of fused-ring (bicyclic) bond motifs is 3. The Morgan fingerprint density at radius 2 is 1.67 bits per heavy atom. The van der Waals surface area contributed by atoms with E-state index >= 15 is 0 Å². The van der Waals surface area contributed by atoms with E-state index < -0.39 is 0 Å². The minimum absolute atomic E-state index is 0.177. The van der Waals surface area contributed by atoms with E-state index in [0.717, 1.165) is 10.8 Å². The molecule has 0 fully saturated rings. The normalized spacial score (nSPS) is 10.9. The van der Waals surface area contributed by atoms with Gasteiger partial charge in [-0.15, -0.1) is 0 Å². The molecule has 0 aliphatic heterocycles. The van der Waals surface area contributed by atoms with Crippen molar-refractivity contribution in [2.75, 3.05) is 7.11 Å². The summed E-state index contributed by atoms with van der Waals surface area (Å²) in [6.07, 6.45) is 0. The number of benzene rings is 3. The number of phenolic OH excluding ortho intramolecular Hbond substituents is 2. The van der Waals surface area contributed by atoms with Gasteiger partial charge >= 0.3 is 0 Å². The van der Waals surface area contributed by atoms with Gasteiger partial charge in [0.25, 0.3) is 0 Å². The van der Waals surface area contributed by atoms with E-state index in [1.807, 2.05) is 18.2 Å². The van der Waals surface area contributed by atoms with Crippen molar-refractivity contribution in [2.45, 2.75) is 0 Å². The molecular weight excluding hydrogens is 228 g/mol. The number of phenols is 2. The molecule has 0 unspecified atom stereocenters. The van der Waals surface area contributed by atoms with Crippen LogP contribution in [0.3, 0.4) is 0 Å². The summed E-state index contributed by atoms with van der Waals surface area (Å²) >= 11 is 0. The molecular formula is C15H12O3. The van der Waals surface area contributed by atoms with Gasteiger partial charge in [0.2, 0.25) is 0 Å². The van der Waals surface area contributed by atoms with Crippen molar-refractivity contribution in [3.05, 3.63) is 42.5 Å². The highest BCUT2D eigenvalue weighted by atomic mass is 16.5. The lowest BCUT2D eigenvalue weighted by Crippen LogP contribution is -1.87. The predicted octanol–water partition coefficient (Wildman–Crippen LogP) is 3.41. The lowest BCUT2D eigenvalue weighted by molar-refractivity contribution is 0.418. The molecule has 2 N–H and O–H groups in total. The van der Waals surface area contributed by atoms with E-state index in [4.69, 9.17) is 4.74 Å². The van der Waals surface area contributed by atoms with Crippen LogP contribution in [0.4, 0.5) is 0 Å². The molecule has 0 radical (unpaired) electrons. The van der Waals surface area contributed by atoms with Crippen LogP contribution < -0.4 is 4.74 Å². The average Bonchev–Trinajstić information content (AvgIpc) is 2.39. The van der Waals surface area contributed by atoms with Crippen LogP contribution in [0, 0.1) is 0 Å². The largest absolute Gasteiger partial charge is 0.507 e. The van der Waals surface area contributed by atoms with Crippen molar-refractivity contribution in [3.63, 3.8) is 0 Å². The molecule has 0 saturated carbocycles. The second-order valence-corrected chi connectivity index (χ2v) is 4.15. The summed E-state index contributed by atoms with van der Waals surface area (Å²) < 4.78 is 5.32. The van der Waals surface area contributed by atoms with Crippen molar-refractivity contribution in [1.29, 1.82) is 0 Å². The van der Waals surface area contributed by atoms with Crippen LogP contribution in [0.25, 0.3) is 21.5 Å². The van der Waals surface area contributed by atoms with Crippen molar-refractivity contribution < 1.29 is 14.9 Å². The summed E-state index contributed by atoms with van der Waals surface area (Å²) in [6, 6.07) is 12.3. The Morgan fingerprint density at radius 1 is 0.833 bits per heavy atom. The van der Waals surface area contributed by atoms with Crippen molar-refractivity contribution in [2.24, 2.45) is 0 Å². The van der Waals surface area contributed by atoms with Crippen LogP contribution in [0.1, 0.15) is 0 Å². The van der Waals surface area contributed by atoms with Crippen molar-refractivity contribution in [3.8, 4) is 17.2 Å². The van der Waals surface area contributed by atoms with Gasteiger partial charge in [0.15, 0.2) is 0 Å². The third-order valence-corrected chi connectivity index (χ3v) is 3.16. The zero-order valence-corrected chi connectivity index (χ0v) is 9.84. The number of ether oxygens (including phenoxy) is 1. The van der Waals surface area contributed by atoms with Crippen LogP contribution in [-0.4, -0.2) is 17.3 Å². The maximum atomic E-state index is 10.0. The molecule has 0 heterocycles. The maximum Gasteiger partial charge on any atom is 0.127 e. The highest BCUT2D eigenvalue weighted by molar-refractivity contribution is 6.14. The first-order chi connectivity index (χ1) is 8.72. The quantitative estimate of drug-likeness (QED) is 0.641. The minimum atomic E-state index is 0.177. The van der Waals surface area contributed by atoms with Gasteiger partial charge < -0.3 is 14.9 Å². The Kier molecular flexibility index (Phi) is 2.27. The summed E-state index contributed by atoms with van der Waals surface area (Å²) in [5, 5.41) is 23.0. The van der Waals surface area contributed by atoms with Gasteiger partial charge in [-0.3, -0.25) is 0 Å². The van der Waals surface area contributed by atoms with Gasteiger partial charge in [-0.25, -0.2) is 0 Å². The number of hydrogen-bond donors (Lipinski definition) is 2. The van der Waals surface area contributed by atoms with Gasteiger partial charge in [-0.05, 0) is 29.7 Å². The number of rotatable bonds is 1. The van der Waals surface area contributed by atoms with E-state index in [-0.39, 0.29) is 11.5 Å². The van der Waals surface area contributed by atoms with Crippen molar-refractivity contribution in [1.82, 2.24) is 0 Å². The van der Waals surface area contributed by atoms with E-state index in [2.05, 4.69) is 0 Å². The van der Waals surface area contributed by atoms with Crippen LogP contribution >= 0.6 is 0 Å². The molecule has 3 heteroatoms. The fraction of sp³-hybridized carbons (Fsp3) is 0.0667. The summed E-state index contributed by atoms with van der Waals surface area (Å²) in [5.41, 5.74) is 0. The first kappa shape index (κ1) is 10.7. The second-order valence-electron chi connectivity index (χ2n) is 4.15. The lowest BCUT2D eigenvalue weighted by Gasteiger charge is -2.11. The van der Waals surface area contributed by atoms with E-state index in [0.29, 0.717) is 16.5 Å². The molecule has 0 aliphatic carbocycles.